The van der Waals surface area contributed by atoms with Gasteiger partial charge < -0.3 is 5.11 Å². The first kappa shape index (κ1) is 11.9. The smallest absolute Gasteiger partial charge is 0.151 e. The van der Waals surface area contributed by atoms with Crippen LogP contribution in [0.3, 0.4) is 0 Å². The summed E-state index contributed by atoms with van der Waals surface area (Å²) >= 11 is 1.50. The molecule has 0 radical (unpaired) electrons. The summed E-state index contributed by atoms with van der Waals surface area (Å²) in [7, 11) is 0. The summed E-state index contributed by atoms with van der Waals surface area (Å²) in [5, 5.41) is 9.24. The molecular weight excluding hydrogens is 232 g/mol. The van der Waals surface area contributed by atoms with E-state index in [1.54, 1.807) is 6.07 Å². The van der Waals surface area contributed by atoms with Crippen molar-refractivity contribution in [2.45, 2.75) is 16.4 Å². The molecule has 86 valence electrons. The van der Waals surface area contributed by atoms with Crippen LogP contribution in [0.4, 0.5) is 0 Å². The minimum atomic E-state index is 0.00638. The van der Waals surface area contributed by atoms with Crippen molar-refractivity contribution in [1.82, 2.24) is 0 Å². The molecule has 1 N–H and O–H groups in total. The van der Waals surface area contributed by atoms with Crippen molar-refractivity contribution >= 4 is 18.0 Å². The lowest BCUT2D eigenvalue weighted by molar-refractivity contribution is 0.112. The fourth-order valence-electron chi connectivity index (χ4n) is 1.52. The molecule has 0 amide bonds. The Kier molecular flexibility index (Phi) is 3.96. The second-order valence-electron chi connectivity index (χ2n) is 3.52. The average molecular weight is 244 g/mol. The van der Waals surface area contributed by atoms with E-state index in [1.165, 1.54) is 11.8 Å². The summed E-state index contributed by atoms with van der Waals surface area (Å²) < 4.78 is 0. The molecule has 0 heterocycles. The topological polar surface area (TPSA) is 37.3 Å². The Bertz CT molecular complexity index is 523. The minimum absolute atomic E-state index is 0.00638. The van der Waals surface area contributed by atoms with E-state index in [4.69, 9.17) is 0 Å². The SMILES string of the molecule is O=Cc1ccccc1Sc1ccccc1CO. The van der Waals surface area contributed by atoms with Crippen molar-refractivity contribution in [1.29, 1.82) is 0 Å². The lowest BCUT2D eigenvalue weighted by atomic mass is 10.2. The van der Waals surface area contributed by atoms with Gasteiger partial charge >= 0.3 is 0 Å². The fraction of sp³-hybridized carbons (Fsp3) is 0.0714. The first-order valence-electron chi connectivity index (χ1n) is 5.26. The molecule has 2 aromatic rings. The maximum atomic E-state index is 10.9. The molecule has 0 fully saturated rings. The average Bonchev–Trinajstić information content (AvgIpc) is 2.40. The first-order chi connectivity index (χ1) is 8.35. The van der Waals surface area contributed by atoms with Crippen LogP contribution in [-0.2, 0) is 6.61 Å². The lowest BCUT2D eigenvalue weighted by Gasteiger charge is -2.08. The third kappa shape index (κ3) is 2.75. The Balaban J connectivity index is 2.34. The second kappa shape index (κ2) is 5.66. The highest BCUT2D eigenvalue weighted by molar-refractivity contribution is 7.99. The zero-order valence-electron chi connectivity index (χ0n) is 9.17. The zero-order valence-corrected chi connectivity index (χ0v) is 9.98. The molecular formula is C14H12O2S. The van der Waals surface area contributed by atoms with Gasteiger partial charge in [0.1, 0.15) is 0 Å². The molecule has 0 spiro atoms. The van der Waals surface area contributed by atoms with E-state index in [0.717, 1.165) is 21.6 Å². The van der Waals surface area contributed by atoms with Gasteiger partial charge in [-0.05, 0) is 17.7 Å². The van der Waals surface area contributed by atoms with Crippen LogP contribution in [0.1, 0.15) is 15.9 Å². The standard InChI is InChI=1S/C14H12O2S/c15-9-11-5-1-3-7-13(11)17-14-8-4-2-6-12(14)10-16/h1-9,16H,10H2. The molecule has 0 unspecified atom stereocenters. The molecule has 3 heteroatoms. The summed E-state index contributed by atoms with van der Waals surface area (Å²) in [5.41, 5.74) is 1.54. The number of rotatable bonds is 4. The molecule has 0 saturated carbocycles. The highest BCUT2D eigenvalue weighted by Gasteiger charge is 2.06. The van der Waals surface area contributed by atoms with Crippen molar-refractivity contribution in [2.75, 3.05) is 0 Å². The Morgan fingerprint density at radius 3 is 2.35 bits per heavy atom. The van der Waals surface area contributed by atoms with Crippen LogP contribution < -0.4 is 0 Å². The van der Waals surface area contributed by atoms with Gasteiger partial charge in [-0.3, -0.25) is 4.79 Å². The maximum Gasteiger partial charge on any atom is 0.151 e. The molecule has 0 aromatic heterocycles. The predicted octanol–water partition coefficient (Wildman–Crippen LogP) is 3.14. The van der Waals surface area contributed by atoms with Crippen LogP contribution >= 0.6 is 11.8 Å². The van der Waals surface area contributed by atoms with Crippen molar-refractivity contribution in [3.63, 3.8) is 0 Å². The molecule has 0 aliphatic heterocycles. The Hall–Kier alpha value is -1.58. The monoisotopic (exact) mass is 244 g/mol. The molecule has 0 aliphatic carbocycles. The quantitative estimate of drug-likeness (QED) is 0.839. The van der Waals surface area contributed by atoms with Crippen LogP contribution in [0.15, 0.2) is 58.3 Å². The number of hydrogen-bond donors (Lipinski definition) is 1. The maximum absolute atomic E-state index is 10.9. The number of carbonyl (C=O) groups excluding carboxylic acids is 1. The van der Waals surface area contributed by atoms with E-state index in [0.29, 0.717) is 5.56 Å². The number of aldehydes is 1. The summed E-state index contributed by atoms with van der Waals surface area (Å²) in [5.74, 6) is 0. The van der Waals surface area contributed by atoms with Crippen LogP contribution in [-0.4, -0.2) is 11.4 Å². The summed E-state index contributed by atoms with van der Waals surface area (Å²) in [4.78, 5) is 12.8. The molecule has 0 atom stereocenters. The minimum Gasteiger partial charge on any atom is -0.392 e. The van der Waals surface area contributed by atoms with E-state index in [9.17, 15) is 9.90 Å². The predicted molar refractivity (Wildman–Crippen MR) is 68.3 cm³/mol. The molecule has 2 rings (SSSR count). The lowest BCUT2D eigenvalue weighted by Crippen LogP contribution is -1.89. The largest absolute Gasteiger partial charge is 0.392 e. The first-order valence-corrected chi connectivity index (χ1v) is 6.07. The highest BCUT2D eigenvalue weighted by Crippen LogP contribution is 2.32. The van der Waals surface area contributed by atoms with Gasteiger partial charge in [-0.1, -0.05) is 48.2 Å². The third-order valence-electron chi connectivity index (χ3n) is 2.41. The van der Waals surface area contributed by atoms with Gasteiger partial charge in [-0.15, -0.1) is 0 Å². The molecule has 0 bridgehead atoms. The fourth-order valence-corrected chi connectivity index (χ4v) is 2.55. The van der Waals surface area contributed by atoms with E-state index in [2.05, 4.69) is 0 Å². The number of aliphatic hydroxyl groups excluding tert-OH is 1. The van der Waals surface area contributed by atoms with Crippen molar-refractivity contribution in [2.24, 2.45) is 0 Å². The number of carbonyl (C=O) groups is 1. The molecule has 17 heavy (non-hydrogen) atoms. The van der Waals surface area contributed by atoms with E-state index in [1.807, 2.05) is 42.5 Å². The van der Waals surface area contributed by atoms with E-state index in [-0.39, 0.29) is 6.61 Å². The van der Waals surface area contributed by atoms with E-state index < -0.39 is 0 Å². The van der Waals surface area contributed by atoms with Crippen molar-refractivity contribution < 1.29 is 9.90 Å². The Morgan fingerprint density at radius 1 is 1.00 bits per heavy atom. The summed E-state index contributed by atoms with van der Waals surface area (Å²) in [6.07, 6.45) is 0.851. The highest BCUT2D eigenvalue weighted by atomic mass is 32.2. The third-order valence-corrected chi connectivity index (χ3v) is 3.62. The molecule has 0 aliphatic rings. The van der Waals surface area contributed by atoms with Gasteiger partial charge in [-0.25, -0.2) is 0 Å². The van der Waals surface area contributed by atoms with E-state index >= 15 is 0 Å². The normalized spacial score (nSPS) is 10.2. The molecule has 2 nitrogen and oxygen atoms in total. The van der Waals surface area contributed by atoms with Gasteiger partial charge in [0.25, 0.3) is 0 Å². The van der Waals surface area contributed by atoms with Gasteiger partial charge in [-0.2, -0.15) is 0 Å². The second-order valence-corrected chi connectivity index (χ2v) is 4.61. The van der Waals surface area contributed by atoms with Crippen molar-refractivity contribution in [3.8, 4) is 0 Å². The molecule has 0 saturated heterocycles. The Labute approximate surface area is 104 Å². The molecule has 2 aromatic carbocycles. The zero-order chi connectivity index (χ0) is 12.1. The summed E-state index contributed by atoms with van der Waals surface area (Å²) in [6.45, 7) is 0.00638. The van der Waals surface area contributed by atoms with Crippen molar-refractivity contribution in [3.05, 3.63) is 59.7 Å². The van der Waals surface area contributed by atoms with Gasteiger partial charge in [0.05, 0.1) is 6.61 Å². The summed E-state index contributed by atoms with van der Waals surface area (Å²) in [6, 6.07) is 15.1. The van der Waals surface area contributed by atoms with Crippen LogP contribution in [0.5, 0.6) is 0 Å². The van der Waals surface area contributed by atoms with Crippen LogP contribution in [0, 0.1) is 0 Å². The Morgan fingerprint density at radius 2 is 1.65 bits per heavy atom. The number of hydrogen-bond acceptors (Lipinski definition) is 3. The van der Waals surface area contributed by atoms with Gasteiger partial charge in [0.2, 0.25) is 0 Å². The van der Waals surface area contributed by atoms with Crippen LogP contribution in [0.25, 0.3) is 0 Å². The number of aliphatic hydroxyl groups is 1. The van der Waals surface area contributed by atoms with Gasteiger partial charge in [0, 0.05) is 15.4 Å². The number of benzene rings is 2. The van der Waals surface area contributed by atoms with Crippen LogP contribution in [0.2, 0.25) is 0 Å². The van der Waals surface area contributed by atoms with Gasteiger partial charge in [0.15, 0.2) is 6.29 Å².